The average Bonchev–Trinajstić information content (AvgIpc) is 2.67. The largest absolute Gasteiger partial charge is 0.348 e. The van der Waals surface area contributed by atoms with Gasteiger partial charge in [0.15, 0.2) is 0 Å². The SMILES string of the molecule is CN(c1ccccc1)c1cc(C(=O)NCc2ccccc2Cl)ccn1. The number of halogens is 1. The lowest BCUT2D eigenvalue weighted by molar-refractivity contribution is 0.0951. The number of pyridine rings is 1. The summed E-state index contributed by atoms with van der Waals surface area (Å²) in [5.74, 6) is 0.543. The predicted octanol–water partition coefficient (Wildman–Crippen LogP) is 4.43. The second-order valence-electron chi connectivity index (χ2n) is 5.57. The Balaban J connectivity index is 1.72. The molecule has 5 heteroatoms. The van der Waals surface area contributed by atoms with Crippen LogP contribution in [0.3, 0.4) is 0 Å². The van der Waals surface area contributed by atoms with Crippen LogP contribution in [0.5, 0.6) is 0 Å². The molecule has 0 aliphatic rings. The Hall–Kier alpha value is -2.85. The predicted molar refractivity (Wildman–Crippen MR) is 101 cm³/mol. The topological polar surface area (TPSA) is 45.2 Å². The number of hydrogen-bond acceptors (Lipinski definition) is 3. The van der Waals surface area contributed by atoms with Crippen LogP contribution < -0.4 is 10.2 Å². The van der Waals surface area contributed by atoms with Gasteiger partial charge in [0.05, 0.1) is 0 Å². The molecule has 1 heterocycles. The van der Waals surface area contributed by atoms with E-state index >= 15 is 0 Å². The second-order valence-corrected chi connectivity index (χ2v) is 5.98. The third-order valence-electron chi connectivity index (χ3n) is 3.89. The molecule has 0 bridgehead atoms. The molecule has 2 aromatic carbocycles. The van der Waals surface area contributed by atoms with Crippen molar-refractivity contribution in [3.63, 3.8) is 0 Å². The maximum atomic E-state index is 12.4. The number of nitrogens with one attached hydrogen (secondary N) is 1. The third-order valence-corrected chi connectivity index (χ3v) is 4.26. The summed E-state index contributed by atoms with van der Waals surface area (Å²) in [6.07, 6.45) is 1.64. The Morgan fingerprint density at radius 3 is 2.56 bits per heavy atom. The van der Waals surface area contributed by atoms with Gasteiger partial charge < -0.3 is 10.2 Å². The number of para-hydroxylation sites is 1. The van der Waals surface area contributed by atoms with Crippen molar-refractivity contribution in [2.45, 2.75) is 6.54 Å². The summed E-state index contributed by atoms with van der Waals surface area (Å²) in [5.41, 5.74) is 2.44. The lowest BCUT2D eigenvalue weighted by Crippen LogP contribution is -2.23. The molecule has 1 aromatic heterocycles. The van der Waals surface area contributed by atoms with Crippen LogP contribution in [0.2, 0.25) is 5.02 Å². The number of aromatic nitrogens is 1. The first-order valence-corrected chi connectivity index (χ1v) is 8.29. The van der Waals surface area contributed by atoms with Crippen LogP contribution >= 0.6 is 11.6 Å². The highest BCUT2D eigenvalue weighted by Gasteiger charge is 2.11. The van der Waals surface area contributed by atoms with Crippen molar-refractivity contribution in [1.82, 2.24) is 10.3 Å². The zero-order valence-electron chi connectivity index (χ0n) is 13.8. The summed E-state index contributed by atoms with van der Waals surface area (Å²) in [5, 5.41) is 3.53. The summed E-state index contributed by atoms with van der Waals surface area (Å²) in [4.78, 5) is 18.7. The van der Waals surface area contributed by atoms with Gasteiger partial charge in [-0.2, -0.15) is 0 Å². The van der Waals surface area contributed by atoms with Crippen molar-refractivity contribution < 1.29 is 4.79 Å². The summed E-state index contributed by atoms with van der Waals surface area (Å²) < 4.78 is 0. The van der Waals surface area contributed by atoms with E-state index in [1.165, 1.54) is 0 Å². The van der Waals surface area contributed by atoms with E-state index < -0.39 is 0 Å². The Morgan fingerprint density at radius 1 is 1.08 bits per heavy atom. The number of carbonyl (C=O) groups excluding carboxylic acids is 1. The van der Waals surface area contributed by atoms with Crippen LogP contribution in [-0.2, 0) is 6.54 Å². The molecule has 0 atom stereocenters. The van der Waals surface area contributed by atoms with Gasteiger partial charge >= 0.3 is 0 Å². The Kier molecular flexibility index (Phi) is 5.31. The van der Waals surface area contributed by atoms with Gasteiger partial charge in [0.1, 0.15) is 5.82 Å². The number of carbonyl (C=O) groups is 1. The molecule has 3 aromatic rings. The molecule has 3 rings (SSSR count). The van der Waals surface area contributed by atoms with E-state index in [-0.39, 0.29) is 5.91 Å². The normalized spacial score (nSPS) is 10.3. The van der Waals surface area contributed by atoms with Gasteiger partial charge in [-0.15, -0.1) is 0 Å². The van der Waals surface area contributed by atoms with Crippen LogP contribution in [-0.4, -0.2) is 17.9 Å². The minimum atomic E-state index is -0.162. The summed E-state index contributed by atoms with van der Waals surface area (Å²) >= 11 is 6.12. The maximum Gasteiger partial charge on any atom is 0.251 e. The number of anilines is 2. The molecule has 25 heavy (non-hydrogen) atoms. The van der Waals surface area contributed by atoms with Crippen molar-refractivity contribution in [2.24, 2.45) is 0 Å². The fraction of sp³-hybridized carbons (Fsp3) is 0.100. The summed E-state index contributed by atoms with van der Waals surface area (Å²) in [6.45, 7) is 0.380. The number of amides is 1. The van der Waals surface area contributed by atoms with Gasteiger partial charge in [0, 0.05) is 36.1 Å². The standard InChI is InChI=1S/C20H18ClN3O/c1-24(17-8-3-2-4-9-17)19-13-15(11-12-22-19)20(25)23-14-16-7-5-6-10-18(16)21/h2-13H,14H2,1H3,(H,23,25). The van der Waals surface area contributed by atoms with Crippen molar-refractivity contribution in [1.29, 1.82) is 0 Å². The number of benzene rings is 2. The highest BCUT2D eigenvalue weighted by atomic mass is 35.5. The van der Waals surface area contributed by atoms with Crippen LogP contribution in [0.25, 0.3) is 0 Å². The molecule has 0 unspecified atom stereocenters. The van der Waals surface area contributed by atoms with E-state index in [1.54, 1.807) is 18.3 Å². The molecule has 1 amide bonds. The molecule has 0 radical (unpaired) electrons. The third kappa shape index (κ3) is 4.17. The first-order valence-electron chi connectivity index (χ1n) is 7.91. The van der Waals surface area contributed by atoms with Gasteiger partial charge in [-0.25, -0.2) is 4.98 Å². The molecule has 0 aliphatic carbocycles. The van der Waals surface area contributed by atoms with E-state index in [2.05, 4.69) is 10.3 Å². The highest BCUT2D eigenvalue weighted by Crippen LogP contribution is 2.21. The summed E-state index contributed by atoms with van der Waals surface area (Å²) in [6, 6.07) is 20.8. The zero-order chi connectivity index (χ0) is 17.6. The van der Waals surface area contributed by atoms with Gasteiger partial charge in [-0.05, 0) is 35.9 Å². The van der Waals surface area contributed by atoms with Crippen molar-refractivity contribution in [2.75, 3.05) is 11.9 Å². The smallest absolute Gasteiger partial charge is 0.251 e. The number of nitrogens with zero attached hydrogens (tertiary/aromatic N) is 2. The van der Waals surface area contributed by atoms with E-state index in [0.29, 0.717) is 22.9 Å². The molecular weight excluding hydrogens is 334 g/mol. The second kappa shape index (κ2) is 7.81. The van der Waals surface area contributed by atoms with Crippen LogP contribution in [0.1, 0.15) is 15.9 Å². The van der Waals surface area contributed by atoms with Crippen molar-refractivity contribution in [3.05, 3.63) is 89.1 Å². The van der Waals surface area contributed by atoms with Crippen molar-refractivity contribution >= 4 is 29.0 Å². The first-order chi connectivity index (χ1) is 12.1. The Bertz CT molecular complexity index is 868. The molecule has 0 aliphatic heterocycles. The molecular formula is C20H18ClN3O. The van der Waals surface area contributed by atoms with Gasteiger partial charge in [-0.3, -0.25) is 4.79 Å². The fourth-order valence-electron chi connectivity index (χ4n) is 2.45. The van der Waals surface area contributed by atoms with Crippen molar-refractivity contribution in [3.8, 4) is 0 Å². The minimum Gasteiger partial charge on any atom is -0.348 e. The lowest BCUT2D eigenvalue weighted by Gasteiger charge is -2.18. The Morgan fingerprint density at radius 2 is 1.80 bits per heavy atom. The highest BCUT2D eigenvalue weighted by molar-refractivity contribution is 6.31. The molecule has 0 fully saturated rings. The maximum absolute atomic E-state index is 12.4. The summed E-state index contributed by atoms with van der Waals surface area (Å²) in [7, 11) is 1.92. The van der Waals surface area contributed by atoms with Crippen LogP contribution in [0.15, 0.2) is 72.9 Å². The number of hydrogen-bond donors (Lipinski definition) is 1. The van der Waals surface area contributed by atoms with E-state index in [4.69, 9.17) is 11.6 Å². The molecule has 0 spiro atoms. The number of rotatable bonds is 5. The molecule has 126 valence electrons. The average molecular weight is 352 g/mol. The van der Waals surface area contributed by atoms with Crippen LogP contribution in [0, 0.1) is 0 Å². The zero-order valence-corrected chi connectivity index (χ0v) is 14.6. The lowest BCUT2D eigenvalue weighted by atomic mass is 10.2. The fourth-order valence-corrected chi connectivity index (χ4v) is 2.65. The first kappa shape index (κ1) is 17.0. The molecule has 0 saturated heterocycles. The van der Waals surface area contributed by atoms with Gasteiger partial charge in [-0.1, -0.05) is 48.0 Å². The van der Waals surface area contributed by atoms with Crippen LogP contribution in [0.4, 0.5) is 11.5 Å². The van der Waals surface area contributed by atoms with E-state index in [9.17, 15) is 4.79 Å². The van der Waals surface area contributed by atoms with E-state index in [1.807, 2.05) is 66.5 Å². The van der Waals surface area contributed by atoms with Gasteiger partial charge in [0.2, 0.25) is 0 Å². The Labute approximate surface area is 152 Å². The molecule has 4 nitrogen and oxygen atoms in total. The molecule has 1 N–H and O–H groups in total. The molecule has 0 saturated carbocycles. The monoisotopic (exact) mass is 351 g/mol. The minimum absolute atomic E-state index is 0.162. The van der Waals surface area contributed by atoms with Gasteiger partial charge in [0.25, 0.3) is 5.91 Å². The quantitative estimate of drug-likeness (QED) is 0.739. The van der Waals surface area contributed by atoms with E-state index in [0.717, 1.165) is 11.3 Å².